The van der Waals surface area contributed by atoms with E-state index in [0.29, 0.717) is 6.61 Å². The first-order valence-corrected chi connectivity index (χ1v) is 7.76. The van der Waals surface area contributed by atoms with Crippen molar-refractivity contribution in [1.82, 2.24) is 4.90 Å². The van der Waals surface area contributed by atoms with Crippen molar-refractivity contribution < 1.29 is 4.74 Å². The van der Waals surface area contributed by atoms with Crippen molar-refractivity contribution in [3.63, 3.8) is 0 Å². The lowest BCUT2D eigenvalue weighted by atomic mass is 10.1. The Morgan fingerprint density at radius 3 is 2.85 bits per heavy atom. The van der Waals surface area contributed by atoms with Gasteiger partial charge in [0.25, 0.3) is 0 Å². The maximum Gasteiger partial charge on any atom is 0.142 e. The van der Waals surface area contributed by atoms with Crippen LogP contribution in [0.15, 0.2) is 54.8 Å². The summed E-state index contributed by atoms with van der Waals surface area (Å²) in [6, 6.07) is 12.5. The molecule has 1 aromatic carbocycles. The summed E-state index contributed by atoms with van der Waals surface area (Å²) >= 11 is 2.36. The van der Waals surface area contributed by atoms with Gasteiger partial charge in [-0.2, -0.15) is 5.26 Å². The van der Waals surface area contributed by atoms with Gasteiger partial charge >= 0.3 is 0 Å². The highest BCUT2D eigenvalue weighted by molar-refractivity contribution is 14.1. The number of hydrogen-bond donors (Lipinski definition) is 0. The van der Waals surface area contributed by atoms with Gasteiger partial charge in [0, 0.05) is 18.3 Å². The third-order valence-electron chi connectivity index (χ3n) is 3.11. The average molecular weight is 380 g/mol. The monoisotopic (exact) mass is 380 g/mol. The Bertz CT molecular complexity index is 521. The van der Waals surface area contributed by atoms with E-state index >= 15 is 0 Å². The van der Waals surface area contributed by atoms with E-state index < -0.39 is 0 Å². The van der Waals surface area contributed by atoms with Crippen LogP contribution in [0.4, 0.5) is 0 Å². The Hall–Kier alpha value is -1.32. The molecule has 3 nitrogen and oxygen atoms in total. The number of allylic oxidation sites excluding steroid dienone is 1. The molecule has 1 aliphatic rings. The van der Waals surface area contributed by atoms with Crippen molar-refractivity contribution in [2.75, 3.05) is 6.61 Å². The van der Waals surface area contributed by atoms with Crippen molar-refractivity contribution >= 4 is 22.6 Å². The van der Waals surface area contributed by atoms with Gasteiger partial charge < -0.3 is 9.64 Å². The van der Waals surface area contributed by atoms with Crippen LogP contribution >= 0.6 is 22.6 Å². The van der Waals surface area contributed by atoms with Crippen molar-refractivity contribution in [1.29, 1.82) is 5.26 Å². The Morgan fingerprint density at radius 2 is 2.20 bits per heavy atom. The molecule has 2 atom stereocenters. The molecule has 1 aromatic rings. The van der Waals surface area contributed by atoms with Gasteiger partial charge in [-0.15, -0.1) is 6.58 Å². The van der Waals surface area contributed by atoms with Gasteiger partial charge in [-0.25, -0.2) is 0 Å². The minimum absolute atomic E-state index is 0.0223. The summed E-state index contributed by atoms with van der Waals surface area (Å²) < 4.78 is 6.13. The molecular weight excluding hydrogens is 363 g/mol. The summed E-state index contributed by atoms with van der Waals surface area (Å²) in [4.78, 5) is 2.11. The lowest BCUT2D eigenvalue weighted by molar-refractivity contribution is -0.0304. The summed E-state index contributed by atoms with van der Waals surface area (Å²) in [5.74, 6) is 0. The molecule has 1 heterocycles. The van der Waals surface area contributed by atoms with E-state index in [9.17, 15) is 0 Å². The number of halogens is 1. The minimum Gasteiger partial charge on any atom is -0.353 e. The second-order valence-electron chi connectivity index (χ2n) is 4.66. The molecule has 20 heavy (non-hydrogen) atoms. The van der Waals surface area contributed by atoms with Crippen LogP contribution in [0.1, 0.15) is 12.0 Å². The van der Waals surface area contributed by atoms with Gasteiger partial charge in [0.15, 0.2) is 0 Å². The highest BCUT2D eigenvalue weighted by Gasteiger charge is 2.30. The van der Waals surface area contributed by atoms with Crippen LogP contribution in [0.3, 0.4) is 0 Å². The molecule has 0 N–H and O–H groups in total. The molecule has 4 heteroatoms. The largest absolute Gasteiger partial charge is 0.353 e. The quantitative estimate of drug-likeness (QED) is 0.445. The number of ether oxygens (including phenoxy) is 1. The number of alkyl halides is 1. The molecule has 0 aliphatic carbocycles. The molecule has 0 aromatic heterocycles. The fourth-order valence-electron chi connectivity index (χ4n) is 2.22. The first kappa shape index (κ1) is 15.1. The molecule has 104 valence electrons. The van der Waals surface area contributed by atoms with E-state index in [1.165, 1.54) is 5.56 Å². The van der Waals surface area contributed by atoms with E-state index in [4.69, 9.17) is 10.00 Å². The number of nitrogens with zero attached hydrogens (tertiary/aromatic N) is 2. The highest BCUT2D eigenvalue weighted by atomic mass is 127. The second kappa shape index (κ2) is 7.46. The predicted octanol–water partition coefficient (Wildman–Crippen LogP) is 3.63. The Labute approximate surface area is 133 Å². The van der Waals surface area contributed by atoms with Crippen molar-refractivity contribution in [2.24, 2.45) is 0 Å². The summed E-state index contributed by atoms with van der Waals surface area (Å²) in [6.07, 6.45) is 4.42. The van der Waals surface area contributed by atoms with Gasteiger partial charge in [-0.1, -0.05) is 59.0 Å². The summed E-state index contributed by atoms with van der Waals surface area (Å²) in [7, 11) is 0. The normalized spacial score (nSPS) is 22.0. The fraction of sp³-hybridized carbons (Fsp3) is 0.312. The van der Waals surface area contributed by atoms with Gasteiger partial charge in [0.1, 0.15) is 6.23 Å². The van der Waals surface area contributed by atoms with Crippen molar-refractivity contribution in [3.05, 3.63) is 60.3 Å². The maximum absolute atomic E-state index is 9.15. The highest BCUT2D eigenvalue weighted by Crippen LogP contribution is 2.29. The van der Waals surface area contributed by atoms with Crippen LogP contribution < -0.4 is 0 Å². The van der Waals surface area contributed by atoms with E-state index in [1.54, 1.807) is 6.08 Å². The van der Waals surface area contributed by atoms with Crippen LogP contribution in [0, 0.1) is 11.3 Å². The van der Waals surface area contributed by atoms with Crippen LogP contribution in [0.25, 0.3) is 0 Å². The molecule has 0 spiro atoms. The third kappa shape index (κ3) is 3.84. The molecule has 0 bridgehead atoms. The lowest BCUT2D eigenvalue weighted by Gasteiger charge is -2.37. The molecule has 0 saturated heterocycles. The topological polar surface area (TPSA) is 36.3 Å². The van der Waals surface area contributed by atoms with Gasteiger partial charge in [0.05, 0.1) is 16.6 Å². The van der Waals surface area contributed by atoms with Crippen LogP contribution in [0.5, 0.6) is 0 Å². The summed E-state index contributed by atoms with van der Waals surface area (Å²) in [6.45, 7) is 4.96. The molecule has 0 fully saturated rings. The van der Waals surface area contributed by atoms with Crippen molar-refractivity contribution in [2.45, 2.75) is 23.1 Å². The van der Waals surface area contributed by atoms with Crippen LogP contribution in [-0.4, -0.2) is 21.7 Å². The zero-order valence-corrected chi connectivity index (χ0v) is 13.4. The average Bonchev–Trinajstić information content (AvgIpc) is 2.47. The number of rotatable bonds is 5. The number of benzene rings is 1. The zero-order chi connectivity index (χ0) is 14.4. The molecule has 0 unspecified atom stereocenters. The summed E-state index contributed by atoms with van der Waals surface area (Å²) in [5.41, 5.74) is 2.01. The standard InChI is InChI=1S/C16H17IN2O/c1-2-8-20-16-15(17)9-14(10-18)12-19(16)11-13-6-4-3-5-7-13/h2-7,12,15-16H,1,8-9,11H2/t15-,16+/m0/s1. The molecule has 0 radical (unpaired) electrons. The number of hydrogen-bond acceptors (Lipinski definition) is 3. The lowest BCUT2D eigenvalue weighted by Crippen LogP contribution is -2.42. The molecule has 2 rings (SSSR count). The van der Waals surface area contributed by atoms with Gasteiger partial charge in [-0.3, -0.25) is 0 Å². The third-order valence-corrected chi connectivity index (χ3v) is 4.16. The Balaban J connectivity index is 2.18. The van der Waals surface area contributed by atoms with E-state index in [2.05, 4.69) is 52.3 Å². The fourth-order valence-corrected chi connectivity index (χ4v) is 3.31. The van der Waals surface area contributed by atoms with E-state index in [1.807, 2.05) is 24.4 Å². The molecule has 1 aliphatic heterocycles. The van der Waals surface area contributed by atoms with Crippen LogP contribution in [-0.2, 0) is 11.3 Å². The Morgan fingerprint density at radius 1 is 1.45 bits per heavy atom. The Kier molecular flexibility index (Phi) is 5.62. The predicted molar refractivity (Wildman–Crippen MR) is 88.0 cm³/mol. The molecule has 0 saturated carbocycles. The van der Waals surface area contributed by atoms with E-state index in [-0.39, 0.29) is 10.2 Å². The smallest absolute Gasteiger partial charge is 0.142 e. The van der Waals surface area contributed by atoms with Gasteiger partial charge in [0.2, 0.25) is 0 Å². The first-order valence-electron chi connectivity index (χ1n) is 6.51. The second-order valence-corrected chi connectivity index (χ2v) is 6.26. The number of nitriles is 1. The summed E-state index contributed by atoms with van der Waals surface area (Å²) in [5, 5.41) is 9.15. The zero-order valence-electron chi connectivity index (χ0n) is 11.2. The minimum atomic E-state index is -0.0223. The van der Waals surface area contributed by atoms with Crippen LogP contribution in [0.2, 0.25) is 0 Å². The van der Waals surface area contributed by atoms with Gasteiger partial charge in [-0.05, 0) is 12.0 Å². The molecular formula is C16H17IN2O. The maximum atomic E-state index is 9.15. The van der Waals surface area contributed by atoms with E-state index in [0.717, 1.165) is 18.5 Å². The first-order chi connectivity index (χ1) is 9.74. The van der Waals surface area contributed by atoms with Crippen molar-refractivity contribution in [3.8, 4) is 6.07 Å². The molecule has 0 amide bonds. The SMILES string of the molecule is C=CCO[C@@H]1[C@@H](I)CC(C#N)=CN1Cc1ccccc1.